The van der Waals surface area contributed by atoms with Gasteiger partial charge in [0, 0.05) is 12.6 Å². The lowest BCUT2D eigenvalue weighted by atomic mass is 10.0. The molecule has 1 rings (SSSR count). The van der Waals surface area contributed by atoms with E-state index in [0.29, 0.717) is 0 Å². The van der Waals surface area contributed by atoms with Gasteiger partial charge in [-0.2, -0.15) is 0 Å². The molecular formula is C15H19NO2. The molecule has 0 saturated heterocycles. The number of allylic oxidation sites excluding steroid dienone is 6. The SMILES string of the molecule is C=C(C/C=C/C=C(\C)C(C)=O)CC1=CON=CC1. The summed E-state index contributed by atoms with van der Waals surface area (Å²) in [6, 6.07) is 0. The molecule has 3 heteroatoms. The Morgan fingerprint density at radius 2 is 2.33 bits per heavy atom. The molecule has 0 fully saturated rings. The summed E-state index contributed by atoms with van der Waals surface area (Å²) >= 11 is 0. The van der Waals surface area contributed by atoms with E-state index >= 15 is 0 Å². The topological polar surface area (TPSA) is 38.7 Å². The predicted octanol–water partition coefficient (Wildman–Crippen LogP) is 3.70. The fourth-order valence-corrected chi connectivity index (χ4v) is 1.42. The highest BCUT2D eigenvalue weighted by Crippen LogP contribution is 2.17. The lowest BCUT2D eigenvalue weighted by molar-refractivity contribution is -0.113. The first kappa shape index (κ1) is 14.2. The molecular weight excluding hydrogens is 226 g/mol. The molecule has 0 saturated carbocycles. The van der Waals surface area contributed by atoms with E-state index in [9.17, 15) is 4.79 Å². The first-order valence-electron chi connectivity index (χ1n) is 5.96. The summed E-state index contributed by atoms with van der Waals surface area (Å²) in [4.78, 5) is 15.8. The minimum atomic E-state index is 0.0993. The van der Waals surface area contributed by atoms with Gasteiger partial charge >= 0.3 is 0 Å². The standard InChI is InChI=1S/C15H19NO2/c1-12(10-15-8-9-16-18-11-15)6-4-5-7-13(2)14(3)17/h4-5,7,9,11H,1,6,8,10H2,2-3H3/b5-4+,13-7+. The Kier molecular flexibility index (Phi) is 5.85. The molecule has 96 valence electrons. The van der Waals surface area contributed by atoms with Crippen molar-refractivity contribution in [3.63, 3.8) is 0 Å². The molecule has 0 aromatic heterocycles. The summed E-state index contributed by atoms with van der Waals surface area (Å²) in [6.07, 6.45) is 11.6. The van der Waals surface area contributed by atoms with Crippen molar-refractivity contribution in [1.29, 1.82) is 0 Å². The van der Waals surface area contributed by atoms with Crippen molar-refractivity contribution in [2.75, 3.05) is 0 Å². The molecule has 0 radical (unpaired) electrons. The lowest BCUT2D eigenvalue weighted by Gasteiger charge is -2.08. The maximum atomic E-state index is 11.0. The van der Waals surface area contributed by atoms with Crippen LogP contribution in [0, 0.1) is 0 Å². The van der Waals surface area contributed by atoms with Gasteiger partial charge in [-0.25, -0.2) is 0 Å². The molecule has 0 aromatic rings. The molecule has 0 spiro atoms. The van der Waals surface area contributed by atoms with E-state index in [2.05, 4.69) is 11.7 Å². The van der Waals surface area contributed by atoms with Gasteiger partial charge in [0.2, 0.25) is 0 Å². The van der Waals surface area contributed by atoms with Gasteiger partial charge in [-0.3, -0.25) is 4.79 Å². The van der Waals surface area contributed by atoms with Gasteiger partial charge in [0.05, 0.1) is 0 Å². The highest BCUT2D eigenvalue weighted by molar-refractivity contribution is 5.92. The second-order valence-electron chi connectivity index (χ2n) is 4.34. The quantitative estimate of drug-likeness (QED) is 0.406. The minimum Gasteiger partial charge on any atom is -0.365 e. The zero-order chi connectivity index (χ0) is 13.4. The molecule has 1 aliphatic rings. The molecule has 0 amide bonds. The molecule has 0 aromatic carbocycles. The van der Waals surface area contributed by atoms with E-state index in [1.54, 1.807) is 19.4 Å². The molecule has 3 nitrogen and oxygen atoms in total. The number of hydrogen-bond acceptors (Lipinski definition) is 3. The highest BCUT2D eigenvalue weighted by Gasteiger charge is 2.02. The molecule has 0 unspecified atom stereocenters. The van der Waals surface area contributed by atoms with Crippen LogP contribution in [0.2, 0.25) is 0 Å². The van der Waals surface area contributed by atoms with Gasteiger partial charge in [-0.1, -0.05) is 35.5 Å². The van der Waals surface area contributed by atoms with Crippen LogP contribution in [-0.2, 0) is 9.63 Å². The summed E-state index contributed by atoms with van der Waals surface area (Å²) in [6.45, 7) is 7.40. The highest BCUT2D eigenvalue weighted by atomic mass is 16.6. The van der Waals surface area contributed by atoms with Gasteiger partial charge < -0.3 is 4.84 Å². The van der Waals surface area contributed by atoms with Crippen LogP contribution in [-0.4, -0.2) is 12.0 Å². The third kappa shape index (κ3) is 5.43. The summed E-state index contributed by atoms with van der Waals surface area (Å²) in [5.74, 6) is 0.0993. The van der Waals surface area contributed by atoms with E-state index in [1.807, 2.05) is 25.2 Å². The molecule has 0 atom stereocenters. The van der Waals surface area contributed by atoms with Crippen LogP contribution in [0.5, 0.6) is 0 Å². The van der Waals surface area contributed by atoms with Crippen molar-refractivity contribution in [3.05, 3.63) is 47.8 Å². The van der Waals surface area contributed by atoms with E-state index in [4.69, 9.17) is 4.84 Å². The second kappa shape index (κ2) is 7.43. The normalized spacial score (nSPS) is 15.4. The van der Waals surface area contributed by atoms with Crippen molar-refractivity contribution in [2.24, 2.45) is 5.16 Å². The Hall–Kier alpha value is -1.90. The molecule has 0 aliphatic carbocycles. The van der Waals surface area contributed by atoms with E-state index in [0.717, 1.165) is 30.4 Å². The van der Waals surface area contributed by atoms with Crippen LogP contribution >= 0.6 is 0 Å². The largest absolute Gasteiger partial charge is 0.365 e. The first-order valence-corrected chi connectivity index (χ1v) is 5.96. The fraction of sp³-hybridized carbons (Fsp3) is 0.333. The van der Waals surface area contributed by atoms with Gasteiger partial charge in [0.1, 0.15) is 6.26 Å². The van der Waals surface area contributed by atoms with Gasteiger partial charge in [-0.05, 0) is 37.8 Å². The van der Waals surface area contributed by atoms with Crippen LogP contribution in [0.1, 0.15) is 33.1 Å². The summed E-state index contributed by atoms with van der Waals surface area (Å²) in [5.41, 5.74) is 3.06. The van der Waals surface area contributed by atoms with Crippen LogP contribution in [0.3, 0.4) is 0 Å². The third-order valence-electron chi connectivity index (χ3n) is 2.63. The van der Waals surface area contributed by atoms with Crippen LogP contribution in [0.25, 0.3) is 0 Å². The smallest absolute Gasteiger partial charge is 0.155 e. The zero-order valence-corrected chi connectivity index (χ0v) is 11.0. The molecule has 1 heterocycles. The Morgan fingerprint density at radius 3 is 2.94 bits per heavy atom. The van der Waals surface area contributed by atoms with Crippen LogP contribution in [0.4, 0.5) is 0 Å². The lowest BCUT2D eigenvalue weighted by Crippen LogP contribution is -1.94. The average molecular weight is 245 g/mol. The minimum absolute atomic E-state index is 0.0993. The molecule has 0 N–H and O–H groups in total. The summed E-state index contributed by atoms with van der Waals surface area (Å²) in [7, 11) is 0. The van der Waals surface area contributed by atoms with E-state index in [-0.39, 0.29) is 5.78 Å². The maximum Gasteiger partial charge on any atom is 0.155 e. The van der Waals surface area contributed by atoms with Crippen molar-refractivity contribution in [1.82, 2.24) is 0 Å². The summed E-state index contributed by atoms with van der Waals surface area (Å²) < 4.78 is 0. The van der Waals surface area contributed by atoms with Gasteiger partial charge in [-0.15, -0.1) is 0 Å². The molecule has 1 aliphatic heterocycles. The van der Waals surface area contributed by atoms with Crippen LogP contribution in [0.15, 0.2) is 52.9 Å². The van der Waals surface area contributed by atoms with Crippen molar-refractivity contribution in [3.8, 4) is 0 Å². The number of carbonyl (C=O) groups excluding carboxylic acids is 1. The van der Waals surface area contributed by atoms with Gasteiger partial charge in [0.25, 0.3) is 0 Å². The first-order chi connectivity index (χ1) is 8.59. The Bertz CT molecular complexity index is 439. The van der Waals surface area contributed by atoms with Crippen molar-refractivity contribution >= 4 is 12.0 Å². The Labute approximate surface area is 108 Å². The maximum absolute atomic E-state index is 11.0. The number of oxime groups is 1. The Morgan fingerprint density at radius 1 is 1.56 bits per heavy atom. The number of ketones is 1. The Balaban J connectivity index is 2.33. The monoisotopic (exact) mass is 245 g/mol. The second-order valence-corrected chi connectivity index (χ2v) is 4.34. The summed E-state index contributed by atoms with van der Waals surface area (Å²) in [5, 5.41) is 3.66. The fourth-order valence-electron chi connectivity index (χ4n) is 1.42. The number of rotatable bonds is 6. The average Bonchev–Trinajstić information content (AvgIpc) is 2.35. The molecule has 18 heavy (non-hydrogen) atoms. The van der Waals surface area contributed by atoms with Crippen LogP contribution < -0.4 is 0 Å². The molecule has 0 bridgehead atoms. The van der Waals surface area contributed by atoms with E-state index in [1.165, 1.54) is 5.57 Å². The zero-order valence-electron chi connectivity index (χ0n) is 11.0. The van der Waals surface area contributed by atoms with Crippen molar-refractivity contribution < 1.29 is 9.63 Å². The number of Topliss-reactive ketones (excluding diaryl/α,β-unsaturated/α-hetero) is 1. The number of carbonyl (C=O) groups is 1. The number of hydrogen-bond donors (Lipinski definition) is 0. The van der Waals surface area contributed by atoms with Crippen molar-refractivity contribution in [2.45, 2.75) is 33.1 Å². The van der Waals surface area contributed by atoms with Gasteiger partial charge in [0.15, 0.2) is 5.78 Å². The number of nitrogens with zero attached hydrogens (tertiary/aromatic N) is 1. The van der Waals surface area contributed by atoms with E-state index < -0.39 is 0 Å². The third-order valence-corrected chi connectivity index (χ3v) is 2.63. The predicted molar refractivity (Wildman–Crippen MR) is 74.2 cm³/mol.